The highest BCUT2D eigenvalue weighted by Gasteiger charge is 2.31. The number of benzene rings is 1. The number of nitrogens with one attached hydrogen (secondary N) is 2. The first-order valence-corrected chi connectivity index (χ1v) is 9.15. The van der Waals surface area contributed by atoms with Gasteiger partial charge in [-0.2, -0.15) is 5.26 Å². The Balaban J connectivity index is 2.09. The average molecular weight is 356 g/mol. The summed E-state index contributed by atoms with van der Waals surface area (Å²) in [6.07, 6.45) is 0. The van der Waals surface area contributed by atoms with Crippen molar-refractivity contribution in [2.45, 2.75) is 46.2 Å². The average Bonchev–Trinajstić information content (AvgIpc) is 3.01. The number of hydrogen-bond acceptors (Lipinski definition) is 5. The van der Waals surface area contributed by atoms with Gasteiger partial charge in [-0.1, -0.05) is 26.0 Å². The summed E-state index contributed by atoms with van der Waals surface area (Å²) in [6, 6.07) is 9.56. The molecule has 6 heteroatoms. The van der Waals surface area contributed by atoms with Crippen molar-refractivity contribution in [2.75, 3.05) is 5.32 Å². The van der Waals surface area contributed by atoms with Gasteiger partial charge in [-0.3, -0.25) is 4.79 Å². The smallest absolute Gasteiger partial charge is 0.243 e. The van der Waals surface area contributed by atoms with Crippen molar-refractivity contribution < 1.29 is 4.79 Å². The fourth-order valence-electron chi connectivity index (χ4n) is 2.25. The molecule has 0 spiro atoms. The van der Waals surface area contributed by atoms with Crippen molar-refractivity contribution in [2.24, 2.45) is 5.92 Å². The van der Waals surface area contributed by atoms with Gasteiger partial charge >= 0.3 is 0 Å². The highest BCUT2D eigenvalue weighted by Crippen LogP contribution is 2.24. The summed E-state index contributed by atoms with van der Waals surface area (Å²) in [7, 11) is 0. The van der Waals surface area contributed by atoms with Crippen LogP contribution in [0.4, 0.5) is 5.69 Å². The molecule has 0 saturated heterocycles. The van der Waals surface area contributed by atoms with E-state index in [2.05, 4.69) is 21.7 Å². The molecule has 0 saturated carbocycles. The number of aromatic nitrogens is 1. The van der Waals surface area contributed by atoms with E-state index in [0.717, 1.165) is 22.0 Å². The van der Waals surface area contributed by atoms with Gasteiger partial charge < -0.3 is 10.6 Å². The third kappa shape index (κ3) is 4.58. The van der Waals surface area contributed by atoms with Gasteiger partial charge in [-0.15, -0.1) is 11.3 Å². The molecule has 2 rings (SSSR count). The van der Waals surface area contributed by atoms with E-state index < -0.39 is 11.6 Å². The van der Waals surface area contributed by atoms with Crippen LogP contribution in [0.3, 0.4) is 0 Å². The minimum Gasteiger partial charge on any atom is -0.374 e. The topological polar surface area (TPSA) is 77.8 Å². The molecule has 0 bridgehead atoms. The van der Waals surface area contributed by atoms with E-state index in [1.54, 1.807) is 25.2 Å². The molecule has 2 atom stereocenters. The molecule has 1 amide bonds. The van der Waals surface area contributed by atoms with Crippen molar-refractivity contribution in [3.8, 4) is 17.3 Å². The number of nitrogens with zero attached hydrogens (tertiary/aromatic N) is 2. The van der Waals surface area contributed by atoms with E-state index in [0.29, 0.717) is 0 Å². The van der Waals surface area contributed by atoms with Crippen LogP contribution in [0.1, 0.15) is 32.7 Å². The molecular formula is C19H24N4OS. The summed E-state index contributed by atoms with van der Waals surface area (Å²) < 4.78 is 0. The summed E-state index contributed by atoms with van der Waals surface area (Å²) >= 11 is 1.61. The molecule has 0 radical (unpaired) electrons. The molecule has 132 valence electrons. The summed E-state index contributed by atoms with van der Waals surface area (Å²) in [5.41, 5.74) is 1.90. The van der Waals surface area contributed by atoms with Crippen LogP contribution in [0.2, 0.25) is 0 Å². The van der Waals surface area contributed by atoms with E-state index in [4.69, 9.17) is 0 Å². The second kappa shape index (κ2) is 7.66. The van der Waals surface area contributed by atoms with E-state index in [9.17, 15) is 10.1 Å². The fraction of sp³-hybridized carbons (Fsp3) is 0.421. The summed E-state index contributed by atoms with van der Waals surface area (Å²) in [5, 5.41) is 18.4. The Labute approximate surface area is 153 Å². The number of amides is 1. The van der Waals surface area contributed by atoms with E-state index in [1.165, 1.54) is 0 Å². The second-order valence-electron chi connectivity index (χ2n) is 6.66. The van der Waals surface area contributed by atoms with E-state index in [-0.39, 0.29) is 11.8 Å². The van der Waals surface area contributed by atoms with Gasteiger partial charge in [0.05, 0.1) is 16.8 Å². The van der Waals surface area contributed by atoms with Gasteiger partial charge in [-0.25, -0.2) is 4.98 Å². The lowest BCUT2D eigenvalue weighted by Gasteiger charge is -2.29. The number of nitriles is 1. The van der Waals surface area contributed by atoms with Crippen LogP contribution in [-0.2, 0) is 4.79 Å². The Kier molecular flexibility index (Phi) is 5.81. The van der Waals surface area contributed by atoms with Crippen LogP contribution in [-0.4, -0.2) is 22.5 Å². The molecule has 0 unspecified atom stereocenters. The zero-order chi connectivity index (χ0) is 18.6. The van der Waals surface area contributed by atoms with Crippen LogP contribution >= 0.6 is 11.3 Å². The molecule has 0 aliphatic heterocycles. The fourth-order valence-corrected chi connectivity index (χ4v) is 2.87. The molecule has 2 N–H and O–H groups in total. The maximum Gasteiger partial charge on any atom is 0.243 e. The summed E-state index contributed by atoms with van der Waals surface area (Å²) in [5.74, 6) is -0.183. The van der Waals surface area contributed by atoms with Gasteiger partial charge in [0.2, 0.25) is 5.91 Å². The quantitative estimate of drug-likeness (QED) is 0.821. The van der Waals surface area contributed by atoms with Crippen molar-refractivity contribution in [1.29, 1.82) is 5.26 Å². The Bertz CT molecular complexity index is 793. The predicted octanol–water partition coefficient (Wildman–Crippen LogP) is 3.97. The van der Waals surface area contributed by atoms with E-state index >= 15 is 0 Å². The Morgan fingerprint density at radius 2 is 2.08 bits per heavy atom. The second-order valence-corrected chi connectivity index (χ2v) is 7.72. The Morgan fingerprint density at radius 3 is 2.64 bits per heavy atom. The highest BCUT2D eigenvalue weighted by atomic mass is 32.1. The molecule has 25 heavy (non-hydrogen) atoms. The third-order valence-electron chi connectivity index (χ3n) is 4.32. The largest absolute Gasteiger partial charge is 0.374 e. The standard InChI is InChI=1S/C19H24N4OS/c1-12(2)19(5,11-20)23-18(24)13(3)21-16-8-6-7-15(9-16)17-10-25-14(4)22-17/h6-10,12-13,21H,1-5H3,(H,23,24)/t13-,19+/m0/s1. The summed E-state index contributed by atoms with van der Waals surface area (Å²) in [6.45, 7) is 9.34. The SMILES string of the molecule is Cc1nc(-c2cccc(N[C@@H](C)C(=O)N[C@](C)(C#N)C(C)C)c2)cs1. The monoisotopic (exact) mass is 356 g/mol. The number of carbonyl (C=O) groups excluding carboxylic acids is 1. The summed E-state index contributed by atoms with van der Waals surface area (Å²) in [4.78, 5) is 16.9. The van der Waals surface area contributed by atoms with Crippen molar-refractivity contribution in [1.82, 2.24) is 10.3 Å². The molecule has 0 aliphatic carbocycles. The zero-order valence-corrected chi connectivity index (χ0v) is 16.1. The van der Waals surface area contributed by atoms with Gasteiger partial charge in [0.1, 0.15) is 11.6 Å². The first kappa shape index (κ1) is 18.9. The lowest BCUT2D eigenvalue weighted by atomic mass is 9.90. The molecule has 2 aromatic rings. The molecule has 0 fully saturated rings. The van der Waals surface area contributed by atoms with Gasteiger partial charge in [0.25, 0.3) is 0 Å². The number of carbonyl (C=O) groups is 1. The van der Waals surface area contributed by atoms with Crippen LogP contribution in [0.25, 0.3) is 11.3 Å². The highest BCUT2D eigenvalue weighted by molar-refractivity contribution is 7.09. The molecule has 5 nitrogen and oxygen atoms in total. The minimum atomic E-state index is -0.882. The van der Waals surface area contributed by atoms with Gasteiger partial charge in [0, 0.05) is 16.6 Å². The Morgan fingerprint density at radius 1 is 1.36 bits per heavy atom. The first-order valence-electron chi connectivity index (χ1n) is 8.27. The number of hydrogen-bond donors (Lipinski definition) is 2. The predicted molar refractivity (Wildman–Crippen MR) is 102 cm³/mol. The molecule has 1 aromatic heterocycles. The zero-order valence-electron chi connectivity index (χ0n) is 15.3. The molecular weight excluding hydrogens is 332 g/mol. The maximum absolute atomic E-state index is 12.4. The van der Waals surface area contributed by atoms with Crippen molar-refractivity contribution in [3.63, 3.8) is 0 Å². The van der Waals surface area contributed by atoms with Crippen molar-refractivity contribution >= 4 is 22.9 Å². The number of anilines is 1. The van der Waals surface area contributed by atoms with Crippen molar-refractivity contribution in [3.05, 3.63) is 34.7 Å². The maximum atomic E-state index is 12.4. The van der Waals surface area contributed by atoms with Crippen LogP contribution in [0.15, 0.2) is 29.6 Å². The first-order chi connectivity index (χ1) is 11.7. The number of aryl methyl sites for hydroxylation is 1. The van der Waals surface area contributed by atoms with Crippen LogP contribution in [0, 0.1) is 24.2 Å². The lowest BCUT2D eigenvalue weighted by Crippen LogP contribution is -2.52. The van der Waals surface area contributed by atoms with Gasteiger partial charge in [0.15, 0.2) is 0 Å². The van der Waals surface area contributed by atoms with Gasteiger partial charge in [-0.05, 0) is 38.8 Å². The number of rotatable bonds is 6. The molecule has 1 heterocycles. The molecule has 1 aromatic carbocycles. The Hall–Kier alpha value is -2.39. The minimum absolute atomic E-state index is 0.0184. The third-order valence-corrected chi connectivity index (χ3v) is 5.10. The number of thiazole rings is 1. The lowest BCUT2D eigenvalue weighted by molar-refractivity contribution is -0.123. The normalized spacial score (nSPS) is 14.4. The van der Waals surface area contributed by atoms with Crippen LogP contribution in [0.5, 0.6) is 0 Å². The van der Waals surface area contributed by atoms with E-state index in [1.807, 2.05) is 50.4 Å². The van der Waals surface area contributed by atoms with Crippen LogP contribution < -0.4 is 10.6 Å². The molecule has 0 aliphatic rings.